The van der Waals surface area contributed by atoms with Crippen LogP contribution in [0.3, 0.4) is 0 Å². The number of rotatable bonds is 1. The van der Waals surface area contributed by atoms with Crippen LogP contribution in [0.4, 0.5) is 8.78 Å². The summed E-state index contributed by atoms with van der Waals surface area (Å²) in [6.45, 7) is 0. The lowest BCUT2D eigenvalue weighted by Gasteiger charge is -2.14. The molecule has 0 spiro atoms. The van der Waals surface area contributed by atoms with Gasteiger partial charge in [-0.1, -0.05) is 0 Å². The Morgan fingerprint density at radius 1 is 1.36 bits per heavy atom. The van der Waals surface area contributed by atoms with E-state index in [9.17, 15) is 8.78 Å². The number of nitrogens with zero attached hydrogens (tertiary/aromatic N) is 1. The molecule has 2 nitrogen and oxygen atoms in total. The molecule has 0 atom stereocenters. The molecule has 0 bridgehead atoms. The van der Waals surface area contributed by atoms with Gasteiger partial charge in [0.1, 0.15) is 5.82 Å². The van der Waals surface area contributed by atoms with E-state index in [0.29, 0.717) is 0 Å². The molecule has 14 heavy (non-hydrogen) atoms. The summed E-state index contributed by atoms with van der Waals surface area (Å²) >= 11 is 4.78. The summed E-state index contributed by atoms with van der Waals surface area (Å²) in [5.74, 6) is -1.41. The van der Waals surface area contributed by atoms with Crippen molar-refractivity contribution in [1.82, 2.24) is 4.90 Å². The average Bonchev–Trinajstić information content (AvgIpc) is 2.11. The Hall–Kier alpha value is -1.23. The summed E-state index contributed by atoms with van der Waals surface area (Å²) in [4.78, 5) is 1.49. The molecule has 0 aliphatic rings. The van der Waals surface area contributed by atoms with Crippen LogP contribution < -0.4 is 4.74 Å². The van der Waals surface area contributed by atoms with E-state index in [4.69, 9.17) is 17.0 Å². The molecule has 0 aliphatic carbocycles. The highest BCUT2D eigenvalue weighted by Gasteiger charge is 2.08. The highest BCUT2D eigenvalue weighted by molar-refractivity contribution is 7.80. The lowest BCUT2D eigenvalue weighted by atomic mass is 10.3. The van der Waals surface area contributed by atoms with E-state index in [2.05, 4.69) is 0 Å². The third-order valence-corrected chi connectivity index (χ3v) is 1.90. The highest BCUT2D eigenvalue weighted by atomic mass is 32.1. The summed E-state index contributed by atoms with van der Waals surface area (Å²) in [5, 5.41) is 0.0782. The Morgan fingerprint density at radius 2 is 2.00 bits per heavy atom. The maximum Gasteiger partial charge on any atom is 0.264 e. The fraction of sp³-hybridized carbons (Fsp3) is 0.222. The van der Waals surface area contributed by atoms with Gasteiger partial charge in [-0.2, -0.15) is 0 Å². The smallest absolute Gasteiger partial charge is 0.264 e. The summed E-state index contributed by atoms with van der Waals surface area (Å²) < 4.78 is 30.6. The van der Waals surface area contributed by atoms with E-state index < -0.39 is 11.6 Å². The first-order valence-electron chi connectivity index (χ1n) is 3.85. The first-order valence-corrected chi connectivity index (χ1v) is 4.25. The minimum atomic E-state index is -0.643. The first kappa shape index (κ1) is 10.8. The normalized spacial score (nSPS) is 9.71. The van der Waals surface area contributed by atoms with E-state index in [1.165, 1.54) is 4.90 Å². The van der Waals surface area contributed by atoms with Crippen molar-refractivity contribution in [1.29, 1.82) is 0 Å². The van der Waals surface area contributed by atoms with Crippen LogP contribution in [-0.4, -0.2) is 24.2 Å². The second-order valence-corrected chi connectivity index (χ2v) is 3.19. The molecule has 0 fully saturated rings. The van der Waals surface area contributed by atoms with E-state index in [0.717, 1.165) is 18.2 Å². The van der Waals surface area contributed by atoms with Crippen molar-refractivity contribution in [2.24, 2.45) is 0 Å². The fourth-order valence-electron chi connectivity index (χ4n) is 0.741. The van der Waals surface area contributed by atoms with E-state index in [1.807, 2.05) is 0 Å². The van der Waals surface area contributed by atoms with Crippen molar-refractivity contribution < 1.29 is 13.5 Å². The molecule has 0 aromatic heterocycles. The van der Waals surface area contributed by atoms with Gasteiger partial charge in [-0.25, -0.2) is 8.78 Å². The van der Waals surface area contributed by atoms with Gasteiger partial charge < -0.3 is 9.64 Å². The SMILES string of the molecule is CN(C)C(=S)Oc1cc(F)ccc1F. The van der Waals surface area contributed by atoms with Crippen LogP contribution in [0.5, 0.6) is 5.75 Å². The van der Waals surface area contributed by atoms with Crippen LogP contribution in [0.25, 0.3) is 0 Å². The van der Waals surface area contributed by atoms with Crippen LogP contribution in [0.15, 0.2) is 18.2 Å². The molecule has 0 radical (unpaired) electrons. The third kappa shape index (κ3) is 2.63. The number of hydrogen-bond acceptors (Lipinski definition) is 2. The van der Waals surface area contributed by atoms with Gasteiger partial charge in [0.2, 0.25) is 0 Å². The number of hydrogen-bond donors (Lipinski definition) is 0. The van der Waals surface area contributed by atoms with Gasteiger partial charge in [-0.05, 0) is 24.4 Å². The van der Waals surface area contributed by atoms with Crippen molar-refractivity contribution >= 4 is 17.4 Å². The molecule has 5 heteroatoms. The second-order valence-electron chi connectivity index (χ2n) is 2.84. The largest absolute Gasteiger partial charge is 0.429 e. The molecule has 76 valence electrons. The van der Waals surface area contributed by atoms with Gasteiger partial charge in [0.15, 0.2) is 11.6 Å². The fourth-order valence-corrected chi connectivity index (χ4v) is 0.831. The zero-order valence-corrected chi connectivity index (χ0v) is 8.57. The number of thiocarbonyl (C=S) groups is 1. The zero-order chi connectivity index (χ0) is 10.7. The summed E-state index contributed by atoms with van der Waals surface area (Å²) in [6, 6.07) is 2.95. The van der Waals surface area contributed by atoms with Crippen LogP contribution >= 0.6 is 12.2 Å². The highest BCUT2D eigenvalue weighted by Crippen LogP contribution is 2.18. The van der Waals surface area contributed by atoms with E-state index in [1.54, 1.807) is 14.1 Å². The predicted molar refractivity (Wildman–Crippen MR) is 53.3 cm³/mol. The third-order valence-electron chi connectivity index (χ3n) is 1.46. The molecule has 0 saturated carbocycles. The monoisotopic (exact) mass is 217 g/mol. The standard InChI is InChI=1S/C9H9F2NOS/c1-12(2)9(14)13-8-5-6(10)3-4-7(8)11/h3-5H,1-2H3. The molecule has 0 heterocycles. The minimum absolute atomic E-state index is 0.0782. The zero-order valence-electron chi connectivity index (χ0n) is 7.75. The quantitative estimate of drug-likeness (QED) is 0.669. The maximum atomic E-state index is 13.0. The van der Waals surface area contributed by atoms with Gasteiger partial charge in [-0.3, -0.25) is 0 Å². The summed E-state index contributed by atoms with van der Waals surface area (Å²) in [7, 11) is 3.30. The molecular formula is C9H9F2NOS. The van der Waals surface area contributed by atoms with Crippen LogP contribution in [0.1, 0.15) is 0 Å². The van der Waals surface area contributed by atoms with Crippen molar-refractivity contribution in [3.63, 3.8) is 0 Å². The lowest BCUT2D eigenvalue weighted by molar-refractivity contribution is 0.422. The van der Waals surface area contributed by atoms with Crippen LogP contribution in [-0.2, 0) is 0 Å². The molecule has 0 unspecified atom stereocenters. The Bertz CT molecular complexity index is 355. The Balaban J connectivity index is 2.86. The average molecular weight is 217 g/mol. The van der Waals surface area contributed by atoms with E-state index in [-0.39, 0.29) is 10.9 Å². The summed E-state index contributed by atoms with van der Waals surface area (Å²) in [5.41, 5.74) is 0. The summed E-state index contributed by atoms with van der Waals surface area (Å²) in [6.07, 6.45) is 0. The van der Waals surface area contributed by atoms with Gasteiger partial charge >= 0.3 is 0 Å². The van der Waals surface area contributed by atoms with Crippen molar-refractivity contribution in [2.45, 2.75) is 0 Å². The Kier molecular flexibility index (Phi) is 3.35. The molecule has 1 rings (SSSR count). The van der Waals surface area contributed by atoms with Gasteiger partial charge in [0.05, 0.1) is 0 Å². The molecule has 1 aromatic carbocycles. The molecule has 1 aromatic rings. The Labute approximate surface area is 86.1 Å². The van der Waals surface area contributed by atoms with Crippen molar-refractivity contribution in [2.75, 3.05) is 14.1 Å². The lowest BCUT2D eigenvalue weighted by Crippen LogP contribution is -2.25. The van der Waals surface area contributed by atoms with Crippen LogP contribution in [0.2, 0.25) is 0 Å². The molecule has 0 N–H and O–H groups in total. The molecule has 0 aliphatic heterocycles. The van der Waals surface area contributed by atoms with E-state index >= 15 is 0 Å². The van der Waals surface area contributed by atoms with Crippen LogP contribution in [0, 0.1) is 11.6 Å². The number of benzene rings is 1. The predicted octanol–water partition coefficient (Wildman–Crippen LogP) is 2.19. The minimum Gasteiger partial charge on any atom is -0.429 e. The van der Waals surface area contributed by atoms with Crippen molar-refractivity contribution in [3.8, 4) is 5.75 Å². The Morgan fingerprint density at radius 3 is 2.57 bits per heavy atom. The van der Waals surface area contributed by atoms with Crippen molar-refractivity contribution in [3.05, 3.63) is 29.8 Å². The number of ether oxygens (including phenoxy) is 1. The van der Waals surface area contributed by atoms with Gasteiger partial charge in [0.25, 0.3) is 5.17 Å². The molecule has 0 amide bonds. The first-order chi connectivity index (χ1) is 6.50. The van der Waals surface area contributed by atoms with Gasteiger partial charge in [0, 0.05) is 20.2 Å². The second kappa shape index (κ2) is 4.32. The molecular weight excluding hydrogens is 208 g/mol. The number of halogens is 2. The topological polar surface area (TPSA) is 12.5 Å². The maximum absolute atomic E-state index is 13.0. The molecule has 0 saturated heterocycles. The van der Waals surface area contributed by atoms with Gasteiger partial charge in [-0.15, -0.1) is 0 Å².